The van der Waals surface area contributed by atoms with Crippen LogP contribution in [0.3, 0.4) is 0 Å². The fourth-order valence-electron chi connectivity index (χ4n) is 1.88. The summed E-state index contributed by atoms with van der Waals surface area (Å²) in [5, 5.41) is 3.28. The van der Waals surface area contributed by atoms with Crippen molar-refractivity contribution in [3.05, 3.63) is 35.4 Å². The smallest absolute Gasteiger partial charge is 0.325 e. The summed E-state index contributed by atoms with van der Waals surface area (Å²) >= 11 is 0. The second-order valence-electron chi connectivity index (χ2n) is 4.90. The third kappa shape index (κ3) is 3.56. The van der Waals surface area contributed by atoms with Gasteiger partial charge in [-0.2, -0.15) is 0 Å². The third-order valence-corrected chi connectivity index (χ3v) is 2.82. The highest BCUT2D eigenvalue weighted by molar-refractivity contribution is 5.79. The summed E-state index contributed by atoms with van der Waals surface area (Å²) in [6.45, 7) is 7.75. The minimum Gasteiger partial charge on any atom is -0.468 e. The van der Waals surface area contributed by atoms with Crippen LogP contribution in [0.4, 0.5) is 0 Å². The van der Waals surface area contributed by atoms with E-state index in [1.165, 1.54) is 18.2 Å². The molecule has 0 aromatic heterocycles. The maximum Gasteiger partial charge on any atom is 0.325 e. The van der Waals surface area contributed by atoms with E-state index in [0.717, 1.165) is 0 Å². The zero-order valence-corrected chi connectivity index (χ0v) is 11.2. The highest BCUT2D eigenvalue weighted by Crippen LogP contribution is 2.18. The van der Waals surface area contributed by atoms with Gasteiger partial charge in [0.1, 0.15) is 5.54 Å². The Morgan fingerprint density at radius 2 is 2.06 bits per heavy atom. The predicted octanol–water partition coefficient (Wildman–Crippen LogP) is 2.60. The quantitative estimate of drug-likeness (QED) is 0.815. The fourth-order valence-corrected chi connectivity index (χ4v) is 1.88. The van der Waals surface area contributed by atoms with E-state index in [9.17, 15) is 4.79 Å². The van der Waals surface area contributed by atoms with Gasteiger partial charge in [-0.05, 0) is 33.3 Å². The molecule has 0 aliphatic heterocycles. The van der Waals surface area contributed by atoms with Crippen LogP contribution in [0.5, 0.6) is 0 Å². The number of nitrogens with one attached hydrogen (secondary N) is 1. The highest BCUT2D eigenvalue weighted by Gasteiger charge is 2.30. The summed E-state index contributed by atoms with van der Waals surface area (Å²) in [7, 11) is 1.41. The Bertz CT molecular complexity index is 399. The Morgan fingerprint density at radius 3 is 2.59 bits per heavy atom. The maximum atomic E-state index is 11.6. The summed E-state index contributed by atoms with van der Waals surface area (Å²) in [5.41, 5.74) is 1.70. The van der Waals surface area contributed by atoms with Crippen molar-refractivity contribution in [3.8, 4) is 0 Å². The van der Waals surface area contributed by atoms with Crippen LogP contribution in [0.2, 0.25) is 0 Å². The average molecular weight is 235 g/mol. The van der Waals surface area contributed by atoms with E-state index in [-0.39, 0.29) is 12.0 Å². The molecule has 1 rings (SSSR count). The lowest BCUT2D eigenvalue weighted by Crippen LogP contribution is -2.48. The van der Waals surface area contributed by atoms with Crippen molar-refractivity contribution in [1.29, 1.82) is 0 Å². The number of aryl methyl sites for hydroxylation is 1. The SMILES string of the molecule is COC(=O)C(C)(C)NC(C)c1cccc(C)c1. The molecule has 94 valence electrons. The third-order valence-electron chi connectivity index (χ3n) is 2.82. The number of hydrogen-bond donors (Lipinski definition) is 1. The molecular formula is C14H21NO2. The van der Waals surface area contributed by atoms with Crippen molar-refractivity contribution in [2.24, 2.45) is 0 Å². The molecule has 0 spiro atoms. The molecule has 0 saturated heterocycles. The number of carbonyl (C=O) groups excluding carboxylic acids is 1. The van der Waals surface area contributed by atoms with Crippen molar-refractivity contribution < 1.29 is 9.53 Å². The lowest BCUT2D eigenvalue weighted by molar-refractivity contribution is -0.147. The van der Waals surface area contributed by atoms with Crippen molar-refractivity contribution in [3.63, 3.8) is 0 Å². The van der Waals surface area contributed by atoms with Gasteiger partial charge < -0.3 is 4.74 Å². The molecule has 3 nitrogen and oxygen atoms in total. The van der Waals surface area contributed by atoms with Crippen molar-refractivity contribution in [2.45, 2.75) is 39.3 Å². The Kier molecular flexibility index (Phi) is 4.29. The number of benzene rings is 1. The molecule has 1 aromatic carbocycles. The molecule has 1 unspecified atom stereocenters. The number of carbonyl (C=O) groups is 1. The van der Waals surface area contributed by atoms with Crippen LogP contribution < -0.4 is 5.32 Å². The van der Waals surface area contributed by atoms with Gasteiger partial charge in [-0.25, -0.2) is 0 Å². The molecular weight excluding hydrogens is 214 g/mol. The summed E-state index contributed by atoms with van der Waals surface area (Å²) in [4.78, 5) is 11.6. The van der Waals surface area contributed by atoms with E-state index in [2.05, 4.69) is 30.4 Å². The zero-order valence-electron chi connectivity index (χ0n) is 11.2. The van der Waals surface area contributed by atoms with Crippen molar-refractivity contribution >= 4 is 5.97 Å². The number of esters is 1. The maximum absolute atomic E-state index is 11.6. The van der Waals surface area contributed by atoms with Gasteiger partial charge in [0.15, 0.2) is 0 Å². The topological polar surface area (TPSA) is 38.3 Å². The number of rotatable bonds is 4. The molecule has 0 heterocycles. The van der Waals surface area contributed by atoms with Gasteiger partial charge in [0.05, 0.1) is 7.11 Å². The molecule has 0 aliphatic carbocycles. The van der Waals surface area contributed by atoms with Crippen molar-refractivity contribution in [2.75, 3.05) is 7.11 Å². The van der Waals surface area contributed by atoms with Crippen LogP contribution in [0, 0.1) is 6.92 Å². The van der Waals surface area contributed by atoms with E-state index < -0.39 is 5.54 Å². The van der Waals surface area contributed by atoms with E-state index in [4.69, 9.17) is 4.74 Å². The van der Waals surface area contributed by atoms with Crippen LogP contribution in [0.15, 0.2) is 24.3 Å². The molecule has 1 N–H and O–H groups in total. The Hall–Kier alpha value is -1.35. The van der Waals surface area contributed by atoms with E-state index in [1.54, 1.807) is 0 Å². The second-order valence-corrected chi connectivity index (χ2v) is 4.90. The minimum atomic E-state index is -0.683. The van der Waals surface area contributed by atoms with Gasteiger partial charge in [0.2, 0.25) is 0 Å². The van der Waals surface area contributed by atoms with Crippen LogP contribution in [0.25, 0.3) is 0 Å². The summed E-state index contributed by atoms with van der Waals surface area (Å²) < 4.78 is 4.77. The lowest BCUT2D eigenvalue weighted by atomic mass is 10.00. The fraction of sp³-hybridized carbons (Fsp3) is 0.500. The van der Waals surface area contributed by atoms with Crippen LogP contribution in [-0.4, -0.2) is 18.6 Å². The second kappa shape index (κ2) is 5.32. The normalized spacial score (nSPS) is 13.2. The first-order chi connectivity index (χ1) is 7.86. The van der Waals surface area contributed by atoms with Gasteiger partial charge in [-0.1, -0.05) is 29.8 Å². The Morgan fingerprint density at radius 1 is 1.41 bits per heavy atom. The average Bonchev–Trinajstić information content (AvgIpc) is 2.27. The molecule has 0 amide bonds. The van der Waals surface area contributed by atoms with Crippen LogP contribution in [-0.2, 0) is 9.53 Å². The zero-order chi connectivity index (χ0) is 13.1. The molecule has 1 aromatic rings. The first-order valence-electron chi connectivity index (χ1n) is 5.79. The largest absolute Gasteiger partial charge is 0.468 e. The van der Waals surface area contributed by atoms with Crippen LogP contribution in [0.1, 0.15) is 37.9 Å². The van der Waals surface area contributed by atoms with E-state index in [1.807, 2.05) is 26.8 Å². The number of ether oxygens (including phenoxy) is 1. The van der Waals surface area contributed by atoms with E-state index >= 15 is 0 Å². The summed E-state index contributed by atoms with van der Waals surface area (Å²) in [6.07, 6.45) is 0. The molecule has 0 bridgehead atoms. The van der Waals surface area contributed by atoms with E-state index in [0.29, 0.717) is 0 Å². The van der Waals surface area contributed by atoms with Crippen LogP contribution >= 0.6 is 0 Å². The molecule has 0 radical (unpaired) electrons. The van der Waals surface area contributed by atoms with Crippen molar-refractivity contribution in [1.82, 2.24) is 5.32 Å². The molecule has 0 fully saturated rings. The Balaban J connectivity index is 2.79. The highest BCUT2D eigenvalue weighted by atomic mass is 16.5. The monoisotopic (exact) mass is 235 g/mol. The standard InChI is InChI=1S/C14H21NO2/c1-10-7-6-8-12(9-10)11(2)15-14(3,4)13(16)17-5/h6-9,11,15H,1-5H3. The van der Waals surface area contributed by atoms with Gasteiger partial charge >= 0.3 is 5.97 Å². The first kappa shape index (κ1) is 13.7. The molecule has 0 aliphatic rings. The lowest BCUT2D eigenvalue weighted by Gasteiger charge is -2.27. The number of hydrogen-bond acceptors (Lipinski definition) is 3. The van der Waals surface area contributed by atoms with Gasteiger partial charge in [0.25, 0.3) is 0 Å². The molecule has 1 atom stereocenters. The number of methoxy groups -OCH3 is 1. The molecule has 17 heavy (non-hydrogen) atoms. The molecule has 0 saturated carbocycles. The Labute approximate surface area is 103 Å². The molecule has 3 heteroatoms. The predicted molar refractivity (Wildman–Crippen MR) is 68.8 cm³/mol. The van der Waals surface area contributed by atoms with Gasteiger partial charge in [-0.15, -0.1) is 0 Å². The summed E-state index contributed by atoms with van der Waals surface area (Å²) in [5.74, 6) is -0.253. The summed E-state index contributed by atoms with van der Waals surface area (Å²) in [6, 6.07) is 8.35. The minimum absolute atomic E-state index is 0.101. The van der Waals surface area contributed by atoms with Gasteiger partial charge in [0, 0.05) is 6.04 Å². The first-order valence-corrected chi connectivity index (χ1v) is 5.79. The van der Waals surface area contributed by atoms with Gasteiger partial charge in [-0.3, -0.25) is 10.1 Å².